The number of benzene rings is 1. The molecule has 0 N–H and O–H groups in total. The quantitative estimate of drug-likeness (QED) is 0.783. The first-order chi connectivity index (χ1) is 8.10. The number of hydrogen-bond acceptors (Lipinski definition) is 3. The molecule has 3 nitrogen and oxygen atoms in total. The van der Waals surface area contributed by atoms with Gasteiger partial charge in [-0.05, 0) is 31.9 Å². The molecular weight excluding hydrogens is 284 g/mol. The molecule has 0 amide bonds. The Morgan fingerprint density at radius 3 is 2.71 bits per heavy atom. The SMILES string of the molecule is CCOC(=O)CCc1ccc(OC)c(C)c1Br. The first-order valence-electron chi connectivity index (χ1n) is 5.57. The van der Waals surface area contributed by atoms with Crippen molar-refractivity contribution >= 4 is 21.9 Å². The van der Waals surface area contributed by atoms with Gasteiger partial charge in [-0.2, -0.15) is 0 Å². The topological polar surface area (TPSA) is 35.5 Å². The molecule has 1 aromatic carbocycles. The molecule has 0 saturated carbocycles. The lowest BCUT2D eigenvalue weighted by Gasteiger charge is -2.11. The highest BCUT2D eigenvalue weighted by molar-refractivity contribution is 9.10. The lowest BCUT2D eigenvalue weighted by Crippen LogP contribution is -2.05. The number of carbonyl (C=O) groups excluding carboxylic acids is 1. The Morgan fingerprint density at radius 1 is 1.41 bits per heavy atom. The van der Waals surface area contributed by atoms with Crippen LogP contribution in [0.1, 0.15) is 24.5 Å². The van der Waals surface area contributed by atoms with E-state index in [1.165, 1.54) is 0 Å². The average Bonchev–Trinajstić information content (AvgIpc) is 2.31. The van der Waals surface area contributed by atoms with E-state index in [0.29, 0.717) is 19.4 Å². The predicted molar refractivity (Wildman–Crippen MR) is 70.4 cm³/mol. The first-order valence-corrected chi connectivity index (χ1v) is 6.37. The summed E-state index contributed by atoms with van der Waals surface area (Å²) >= 11 is 3.53. The average molecular weight is 301 g/mol. The molecule has 0 aromatic heterocycles. The van der Waals surface area contributed by atoms with Crippen LogP contribution in [0.5, 0.6) is 5.75 Å². The fraction of sp³-hybridized carbons (Fsp3) is 0.462. The van der Waals surface area contributed by atoms with E-state index in [4.69, 9.17) is 9.47 Å². The van der Waals surface area contributed by atoms with Gasteiger partial charge in [0.05, 0.1) is 13.7 Å². The van der Waals surface area contributed by atoms with Crippen LogP contribution in [0.4, 0.5) is 0 Å². The molecule has 0 aliphatic heterocycles. The fourth-order valence-corrected chi connectivity index (χ4v) is 2.13. The summed E-state index contributed by atoms with van der Waals surface area (Å²) in [7, 11) is 1.65. The van der Waals surface area contributed by atoms with E-state index in [9.17, 15) is 4.79 Å². The normalized spacial score (nSPS) is 10.1. The van der Waals surface area contributed by atoms with Crippen LogP contribution in [0.3, 0.4) is 0 Å². The predicted octanol–water partition coefficient (Wildman–Crippen LogP) is 3.26. The fourth-order valence-electron chi connectivity index (χ4n) is 1.61. The van der Waals surface area contributed by atoms with Crippen molar-refractivity contribution in [2.24, 2.45) is 0 Å². The van der Waals surface area contributed by atoms with E-state index in [1.807, 2.05) is 26.0 Å². The molecule has 0 spiro atoms. The van der Waals surface area contributed by atoms with E-state index in [2.05, 4.69) is 15.9 Å². The third-order valence-corrected chi connectivity index (χ3v) is 3.64. The van der Waals surface area contributed by atoms with Crippen LogP contribution in [0.15, 0.2) is 16.6 Å². The number of esters is 1. The highest BCUT2D eigenvalue weighted by Crippen LogP contribution is 2.30. The lowest BCUT2D eigenvalue weighted by molar-refractivity contribution is -0.143. The van der Waals surface area contributed by atoms with Crippen LogP contribution in [-0.2, 0) is 16.0 Å². The van der Waals surface area contributed by atoms with Gasteiger partial charge in [0, 0.05) is 16.5 Å². The van der Waals surface area contributed by atoms with Gasteiger partial charge in [0.2, 0.25) is 0 Å². The van der Waals surface area contributed by atoms with Gasteiger partial charge in [0.15, 0.2) is 0 Å². The second kappa shape index (κ2) is 6.64. The maximum Gasteiger partial charge on any atom is 0.306 e. The lowest BCUT2D eigenvalue weighted by atomic mass is 10.1. The second-order valence-corrected chi connectivity index (χ2v) is 4.46. The van der Waals surface area contributed by atoms with Crippen molar-refractivity contribution in [3.63, 3.8) is 0 Å². The van der Waals surface area contributed by atoms with Crippen molar-refractivity contribution in [2.75, 3.05) is 13.7 Å². The van der Waals surface area contributed by atoms with Crippen molar-refractivity contribution in [1.29, 1.82) is 0 Å². The molecule has 0 aliphatic carbocycles. The highest BCUT2D eigenvalue weighted by atomic mass is 79.9. The molecular formula is C13H17BrO3. The van der Waals surface area contributed by atoms with Crippen molar-refractivity contribution < 1.29 is 14.3 Å². The van der Waals surface area contributed by atoms with E-state index in [0.717, 1.165) is 21.3 Å². The third kappa shape index (κ3) is 3.73. The molecule has 94 valence electrons. The summed E-state index contributed by atoms with van der Waals surface area (Å²) in [6, 6.07) is 3.88. The van der Waals surface area contributed by atoms with Gasteiger partial charge < -0.3 is 9.47 Å². The van der Waals surface area contributed by atoms with Gasteiger partial charge in [-0.25, -0.2) is 0 Å². The maximum absolute atomic E-state index is 11.3. The first kappa shape index (κ1) is 14.0. The minimum Gasteiger partial charge on any atom is -0.496 e. The number of rotatable bonds is 5. The minimum atomic E-state index is -0.159. The molecule has 0 radical (unpaired) electrons. The minimum absolute atomic E-state index is 0.159. The zero-order valence-electron chi connectivity index (χ0n) is 10.4. The molecule has 0 aliphatic rings. The van der Waals surface area contributed by atoms with E-state index < -0.39 is 0 Å². The molecule has 0 atom stereocenters. The summed E-state index contributed by atoms with van der Waals surface area (Å²) in [5.41, 5.74) is 2.14. The van der Waals surface area contributed by atoms with Crippen LogP contribution in [0.25, 0.3) is 0 Å². The van der Waals surface area contributed by atoms with Crippen LogP contribution >= 0.6 is 15.9 Å². The smallest absolute Gasteiger partial charge is 0.306 e. The summed E-state index contributed by atoms with van der Waals surface area (Å²) in [6.07, 6.45) is 1.07. The molecule has 1 rings (SSSR count). The van der Waals surface area contributed by atoms with Gasteiger partial charge in [0.1, 0.15) is 5.75 Å². The molecule has 0 saturated heterocycles. The Bertz CT molecular complexity index is 402. The largest absolute Gasteiger partial charge is 0.496 e. The van der Waals surface area contributed by atoms with Gasteiger partial charge in [-0.3, -0.25) is 4.79 Å². The molecule has 0 bridgehead atoms. The number of halogens is 1. The zero-order chi connectivity index (χ0) is 12.8. The Hall–Kier alpha value is -1.03. The summed E-state index contributed by atoms with van der Waals surface area (Å²) in [5.74, 6) is 0.685. The van der Waals surface area contributed by atoms with E-state index in [1.54, 1.807) is 7.11 Å². The van der Waals surface area contributed by atoms with Crippen molar-refractivity contribution in [2.45, 2.75) is 26.7 Å². The molecule has 0 fully saturated rings. The number of carbonyl (C=O) groups is 1. The zero-order valence-corrected chi connectivity index (χ0v) is 12.0. The van der Waals surface area contributed by atoms with Crippen LogP contribution < -0.4 is 4.74 Å². The van der Waals surface area contributed by atoms with Crippen LogP contribution in [0, 0.1) is 6.92 Å². The van der Waals surface area contributed by atoms with Crippen LogP contribution in [-0.4, -0.2) is 19.7 Å². The second-order valence-electron chi connectivity index (χ2n) is 3.67. The molecule has 0 unspecified atom stereocenters. The van der Waals surface area contributed by atoms with Crippen molar-refractivity contribution in [3.05, 3.63) is 27.7 Å². The van der Waals surface area contributed by atoms with Gasteiger partial charge in [-0.15, -0.1) is 0 Å². The Kier molecular flexibility index (Phi) is 5.48. The van der Waals surface area contributed by atoms with Crippen molar-refractivity contribution in [1.82, 2.24) is 0 Å². The maximum atomic E-state index is 11.3. The van der Waals surface area contributed by atoms with Gasteiger partial charge in [-0.1, -0.05) is 22.0 Å². The van der Waals surface area contributed by atoms with E-state index in [-0.39, 0.29) is 5.97 Å². The number of aryl methyl sites for hydroxylation is 1. The Labute approximate surface area is 110 Å². The monoisotopic (exact) mass is 300 g/mol. The van der Waals surface area contributed by atoms with Gasteiger partial charge >= 0.3 is 5.97 Å². The van der Waals surface area contributed by atoms with Gasteiger partial charge in [0.25, 0.3) is 0 Å². The van der Waals surface area contributed by atoms with Crippen molar-refractivity contribution in [3.8, 4) is 5.75 Å². The number of ether oxygens (including phenoxy) is 2. The molecule has 1 aromatic rings. The number of methoxy groups -OCH3 is 1. The standard InChI is InChI=1S/C13H17BrO3/c1-4-17-12(15)8-6-10-5-7-11(16-3)9(2)13(10)14/h5,7H,4,6,8H2,1-3H3. The molecule has 0 heterocycles. The van der Waals surface area contributed by atoms with E-state index >= 15 is 0 Å². The number of hydrogen-bond donors (Lipinski definition) is 0. The summed E-state index contributed by atoms with van der Waals surface area (Å²) in [4.78, 5) is 11.3. The Morgan fingerprint density at radius 2 is 2.12 bits per heavy atom. The summed E-state index contributed by atoms with van der Waals surface area (Å²) in [6.45, 7) is 4.23. The summed E-state index contributed by atoms with van der Waals surface area (Å²) in [5, 5.41) is 0. The van der Waals surface area contributed by atoms with Crippen LogP contribution in [0.2, 0.25) is 0 Å². The third-order valence-electron chi connectivity index (χ3n) is 2.54. The molecule has 4 heteroatoms. The summed E-state index contributed by atoms with van der Waals surface area (Å²) < 4.78 is 11.1. The Balaban J connectivity index is 2.73. The highest BCUT2D eigenvalue weighted by Gasteiger charge is 2.10. The molecule has 17 heavy (non-hydrogen) atoms.